The molecule has 0 aromatic heterocycles. The van der Waals surface area contributed by atoms with E-state index in [4.69, 9.17) is 0 Å². The lowest BCUT2D eigenvalue weighted by Gasteiger charge is -2.08. The molecule has 0 spiro atoms. The van der Waals surface area contributed by atoms with Gasteiger partial charge in [0.15, 0.2) is 11.6 Å². The smallest absolute Gasteiger partial charge is 0.240 e. The van der Waals surface area contributed by atoms with Crippen molar-refractivity contribution in [2.24, 2.45) is 0 Å². The first kappa shape index (κ1) is 21.6. The zero-order chi connectivity index (χ0) is 21.6. The van der Waals surface area contributed by atoms with E-state index < -0.39 is 21.7 Å². The Labute approximate surface area is 173 Å². The summed E-state index contributed by atoms with van der Waals surface area (Å²) in [5, 5.41) is 2.50. The summed E-state index contributed by atoms with van der Waals surface area (Å²) in [6, 6.07) is 18.6. The molecule has 0 atom stereocenters. The van der Waals surface area contributed by atoms with Crippen LogP contribution in [-0.4, -0.2) is 14.3 Å². The molecule has 0 saturated carbocycles. The van der Waals surface area contributed by atoms with Gasteiger partial charge in [-0.15, -0.1) is 0 Å². The molecule has 0 radical (unpaired) electrons. The maximum Gasteiger partial charge on any atom is 0.240 e. The highest BCUT2D eigenvalue weighted by molar-refractivity contribution is 7.89. The van der Waals surface area contributed by atoms with E-state index in [9.17, 15) is 22.0 Å². The Morgan fingerprint density at radius 1 is 0.833 bits per heavy atom. The number of hydrogen-bond acceptors (Lipinski definition) is 3. The van der Waals surface area contributed by atoms with Crippen LogP contribution in [0.4, 0.5) is 14.5 Å². The molecule has 0 aliphatic carbocycles. The molecule has 1 amide bonds. The van der Waals surface area contributed by atoms with Gasteiger partial charge in [-0.25, -0.2) is 21.9 Å². The van der Waals surface area contributed by atoms with Gasteiger partial charge in [-0.05, 0) is 41.8 Å². The van der Waals surface area contributed by atoms with E-state index in [0.717, 1.165) is 23.3 Å². The molecule has 0 bridgehead atoms. The summed E-state index contributed by atoms with van der Waals surface area (Å²) < 4.78 is 53.5. The van der Waals surface area contributed by atoms with Gasteiger partial charge in [-0.1, -0.05) is 42.5 Å². The fourth-order valence-electron chi connectivity index (χ4n) is 2.75. The van der Waals surface area contributed by atoms with Crippen molar-refractivity contribution in [1.82, 2.24) is 4.72 Å². The van der Waals surface area contributed by atoms with Crippen LogP contribution in [0.15, 0.2) is 77.7 Å². The number of nitrogens with one attached hydrogen (secondary N) is 2. The molecule has 2 N–H and O–H groups in total. The van der Waals surface area contributed by atoms with E-state index >= 15 is 0 Å². The van der Waals surface area contributed by atoms with Gasteiger partial charge in [0.1, 0.15) is 0 Å². The highest BCUT2D eigenvalue weighted by Gasteiger charge is 2.14. The fraction of sp³-hybridized carbons (Fsp3) is 0.136. The van der Waals surface area contributed by atoms with E-state index in [2.05, 4.69) is 10.0 Å². The summed E-state index contributed by atoms with van der Waals surface area (Å²) in [5.74, 6) is -2.38. The van der Waals surface area contributed by atoms with Crippen molar-refractivity contribution in [2.75, 3.05) is 5.32 Å². The Kier molecular flexibility index (Phi) is 6.91. The first-order valence-corrected chi connectivity index (χ1v) is 10.7. The number of halogens is 2. The average molecular weight is 430 g/mol. The van der Waals surface area contributed by atoms with Crippen molar-refractivity contribution in [2.45, 2.75) is 24.3 Å². The third-order valence-electron chi connectivity index (χ3n) is 4.39. The minimum Gasteiger partial charge on any atom is -0.326 e. The molecule has 3 aromatic carbocycles. The van der Waals surface area contributed by atoms with Gasteiger partial charge >= 0.3 is 0 Å². The molecule has 0 aliphatic heterocycles. The van der Waals surface area contributed by atoms with Crippen molar-refractivity contribution in [3.8, 4) is 0 Å². The molecular weight excluding hydrogens is 410 g/mol. The third-order valence-corrected chi connectivity index (χ3v) is 5.80. The Bertz CT molecular complexity index is 1120. The summed E-state index contributed by atoms with van der Waals surface area (Å²) in [6.45, 7) is 0.190. The zero-order valence-electron chi connectivity index (χ0n) is 15.9. The van der Waals surface area contributed by atoms with E-state index in [-0.39, 0.29) is 29.5 Å². The van der Waals surface area contributed by atoms with Crippen molar-refractivity contribution < 1.29 is 22.0 Å². The van der Waals surface area contributed by atoms with Crippen LogP contribution in [0.25, 0.3) is 0 Å². The molecule has 0 unspecified atom stereocenters. The van der Waals surface area contributed by atoms with Crippen LogP contribution in [-0.2, 0) is 27.8 Å². The van der Waals surface area contributed by atoms with Crippen molar-refractivity contribution in [3.63, 3.8) is 0 Å². The van der Waals surface area contributed by atoms with Crippen molar-refractivity contribution in [1.29, 1.82) is 0 Å². The van der Waals surface area contributed by atoms with Gasteiger partial charge in [-0.3, -0.25) is 4.79 Å². The fourth-order valence-corrected chi connectivity index (χ4v) is 3.77. The first-order valence-electron chi connectivity index (χ1n) is 9.21. The first-order chi connectivity index (χ1) is 14.3. The number of aryl methyl sites for hydroxylation is 1. The number of amides is 1. The topological polar surface area (TPSA) is 75.3 Å². The lowest BCUT2D eigenvalue weighted by atomic mass is 10.1. The van der Waals surface area contributed by atoms with Crippen LogP contribution in [0, 0.1) is 11.6 Å². The van der Waals surface area contributed by atoms with E-state index in [1.165, 1.54) is 18.2 Å². The van der Waals surface area contributed by atoms with Crippen LogP contribution in [0.1, 0.15) is 17.5 Å². The van der Waals surface area contributed by atoms with Crippen LogP contribution in [0.5, 0.6) is 0 Å². The van der Waals surface area contributed by atoms with Gasteiger partial charge in [0.05, 0.1) is 4.90 Å². The average Bonchev–Trinajstić information content (AvgIpc) is 2.74. The van der Waals surface area contributed by atoms with E-state index in [0.29, 0.717) is 6.42 Å². The predicted molar refractivity (Wildman–Crippen MR) is 110 cm³/mol. The second-order valence-corrected chi connectivity index (χ2v) is 8.40. The highest BCUT2D eigenvalue weighted by Crippen LogP contribution is 2.15. The molecule has 5 nitrogen and oxygen atoms in total. The SMILES string of the molecule is O=C(CCc1ccc(S(=O)(=O)NCc2ccccc2)cc1)Nc1ccc(F)c(F)c1. The number of benzene rings is 3. The maximum absolute atomic E-state index is 13.2. The molecule has 8 heteroatoms. The van der Waals surface area contributed by atoms with Crippen LogP contribution < -0.4 is 10.0 Å². The number of anilines is 1. The molecule has 0 saturated heterocycles. The molecule has 156 valence electrons. The molecule has 0 heterocycles. The van der Waals surface area contributed by atoms with Crippen LogP contribution in [0.3, 0.4) is 0 Å². The molecule has 30 heavy (non-hydrogen) atoms. The van der Waals surface area contributed by atoms with Crippen LogP contribution >= 0.6 is 0 Å². The summed E-state index contributed by atoms with van der Waals surface area (Å²) in [7, 11) is -3.65. The van der Waals surface area contributed by atoms with E-state index in [1.807, 2.05) is 30.3 Å². The van der Waals surface area contributed by atoms with Gasteiger partial charge in [-0.2, -0.15) is 0 Å². The lowest BCUT2D eigenvalue weighted by Crippen LogP contribution is -2.23. The molecule has 0 aliphatic rings. The second-order valence-electron chi connectivity index (χ2n) is 6.63. The van der Waals surface area contributed by atoms with Gasteiger partial charge in [0.25, 0.3) is 0 Å². The summed E-state index contributed by atoms with van der Waals surface area (Å²) >= 11 is 0. The molecule has 0 fully saturated rings. The number of sulfonamides is 1. The van der Waals surface area contributed by atoms with Crippen molar-refractivity contribution >= 4 is 21.6 Å². The summed E-state index contributed by atoms with van der Waals surface area (Å²) in [4.78, 5) is 12.1. The second kappa shape index (κ2) is 9.60. The maximum atomic E-state index is 13.2. The van der Waals surface area contributed by atoms with Crippen LogP contribution in [0.2, 0.25) is 0 Å². The Balaban J connectivity index is 1.53. The van der Waals surface area contributed by atoms with Gasteiger partial charge in [0.2, 0.25) is 15.9 Å². The number of carbonyl (C=O) groups excluding carboxylic acids is 1. The quantitative estimate of drug-likeness (QED) is 0.567. The molecule has 3 rings (SSSR count). The predicted octanol–water partition coefficient (Wildman–Crippen LogP) is 4.01. The molecule has 3 aromatic rings. The minimum absolute atomic E-state index is 0.108. The monoisotopic (exact) mass is 430 g/mol. The number of carbonyl (C=O) groups is 1. The summed E-state index contributed by atoms with van der Waals surface area (Å²) in [6.07, 6.45) is 0.477. The minimum atomic E-state index is -3.65. The lowest BCUT2D eigenvalue weighted by molar-refractivity contribution is -0.116. The largest absolute Gasteiger partial charge is 0.326 e. The number of rotatable bonds is 8. The van der Waals surface area contributed by atoms with Crippen molar-refractivity contribution in [3.05, 3.63) is 95.6 Å². The molecular formula is C22H20F2N2O3S. The zero-order valence-corrected chi connectivity index (χ0v) is 16.8. The highest BCUT2D eigenvalue weighted by atomic mass is 32.2. The standard InChI is InChI=1S/C22H20F2N2O3S/c23-20-12-9-18(14-21(20)24)26-22(27)13-8-16-6-10-19(11-7-16)30(28,29)25-15-17-4-2-1-3-5-17/h1-7,9-12,14,25H,8,13,15H2,(H,26,27). The van der Waals surface area contributed by atoms with E-state index in [1.54, 1.807) is 12.1 Å². The Morgan fingerprint density at radius 2 is 1.53 bits per heavy atom. The van der Waals surface area contributed by atoms with Gasteiger partial charge in [0, 0.05) is 24.7 Å². The number of hydrogen-bond donors (Lipinski definition) is 2. The summed E-state index contributed by atoms with van der Waals surface area (Å²) in [5.41, 5.74) is 1.80. The third kappa shape index (κ3) is 5.95. The van der Waals surface area contributed by atoms with Gasteiger partial charge < -0.3 is 5.32 Å². The Morgan fingerprint density at radius 3 is 2.20 bits per heavy atom. The Hall–Kier alpha value is -3.10. The normalized spacial score (nSPS) is 11.3.